The number of rotatable bonds is 6. The molecule has 0 spiro atoms. The third-order valence-corrected chi connectivity index (χ3v) is 4.96. The second-order valence-electron chi connectivity index (χ2n) is 6.80. The summed E-state index contributed by atoms with van der Waals surface area (Å²) in [4.78, 5) is 12.4. The third kappa shape index (κ3) is 3.51. The first-order chi connectivity index (χ1) is 11.4. The lowest BCUT2D eigenvalue weighted by Gasteiger charge is -2.37. The topological polar surface area (TPSA) is 95.8 Å². The van der Waals surface area contributed by atoms with Gasteiger partial charge in [-0.1, -0.05) is 0 Å². The van der Waals surface area contributed by atoms with Crippen molar-refractivity contribution in [2.45, 2.75) is 51.7 Å². The number of aromatic nitrogens is 4. The summed E-state index contributed by atoms with van der Waals surface area (Å²) in [5.41, 5.74) is 4.10. The Kier molecular flexibility index (Phi) is 4.71. The summed E-state index contributed by atoms with van der Waals surface area (Å²) in [6.45, 7) is 3.99. The van der Waals surface area contributed by atoms with Crippen LogP contribution in [0.3, 0.4) is 0 Å². The maximum Gasteiger partial charge on any atom is 0.220 e. The summed E-state index contributed by atoms with van der Waals surface area (Å²) in [7, 11) is 1.86. The zero-order valence-corrected chi connectivity index (χ0v) is 14.4. The number of nitrogens with one attached hydrogen (secondary N) is 2. The van der Waals surface area contributed by atoms with Gasteiger partial charge in [-0.2, -0.15) is 10.2 Å². The number of aromatic amines is 1. The minimum absolute atomic E-state index is 0.00490. The molecule has 0 radical (unpaired) electrons. The Morgan fingerprint density at radius 3 is 2.79 bits per heavy atom. The molecule has 0 aliphatic heterocycles. The Bertz CT molecular complexity index is 714. The van der Waals surface area contributed by atoms with Crippen LogP contribution in [0.25, 0.3) is 0 Å². The number of amides is 1. The molecule has 3 N–H and O–H groups in total. The highest BCUT2D eigenvalue weighted by molar-refractivity contribution is 5.76. The molecule has 24 heavy (non-hydrogen) atoms. The molecular formula is C17H25N5O2. The number of aliphatic hydroxyl groups excluding tert-OH is 1. The van der Waals surface area contributed by atoms with Crippen molar-refractivity contribution in [3.63, 3.8) is 0 Å². The van der Waals surface area contributed by atoms with Gasteiger partial charge >= 0.3 is 0 Å². The monoisotopic (exact) mass is 331 g/mol. The molecule has 2 aromatic heterocycles. The molecule has 130 valence electrons. The van der Waals surface area contributed by atoms with Crippen molar-refractivity contribution in [1.82, 2.24) is 25.3 Å². The van der Waals surface area contributed by atoms with Crippen molar-refractivity contribution in [2.24, 2.45) is 13.0 Å². The largest absolute Gasteiger partial charge is 0.393 e. The van der Waals surface area contributed by atoms with Gasteiger partial charge < -0.3 is 10.4 Å². The minimum atomic E-state index is -0.249. The number of H-pyrrole nitrogens is 1. The predicted octanol–water partition coefficient (Wildman–Crippen LogP) is 1.32. The summed E-state index contributed by atoms with van der Waals surface area (Å²) in [6, 6.07) is -0.0865. The number of carbonyl (C=O) groups is 1. The van der Waals surface area contributed by atoms with Crippen molar-refractivity contribution >= 4 is 5.91 Å². The maximum absolute atomic E-state index is 12.4. The lowest BCUT2D eigenvalue weighted by Crippen LogP contribution is -2.41. The van der Waals surface area contributed by atoms with Crippen LogP contribution in [0.4, 0.5) is 0 Å². The normalized spacial score (nSPS) is 21.3. The van der Waals surface area contributed by atoms with Crippen LogP contribution >= 0.6 is 0 Å². The summed E-state index contributed by atoms with van der Waals surface area (Å²) in [5, 5.41) is 24.1. The quantitative estimate of drug-likeness (QED) is 0.744. The lowest BCUT2D eigenvalue weighted by atomic mass is 9.75. The maximum atomic E-state index is 12.4. The van der Waals surface area contributed by atoms with Crippen LogP contribution in [0, 0.1) is 19.8 Å². The van der Waals surface area contributed by atoms with Gasteiger partial charge in [0.25, 0.3) is 0 Å². The molecule has 1 fully saturated rings. The highest BCUT2D eigenvalue weighted by Gasteiger charge is 2.36. The van der Waals surface area contributed by atoms with Crippen molar-refractivity contribution in [2.75, 3.05) is 0 Å². The number of hydrogen-bond acceptors (Lipinski definition) is 4. The van der Waals surface area contributed by atoms with Gasteiger partial charge in [0.1, 0.15) is 0 Å². The molecule has 0 unspecified atom stereocenters. The molecule has 1 saturated carbocycles. The van der Waals surface area contributed by atoms with Crippen LogP contribution in [-0.2, 0) is 18.3 Å². The molecule has 3 rings (SSSR count). The van der Waals surface area contributed by atoms with Crippen molar-refractivity contribution < 1.29 is 9.90 Å². The first kappa shape index (κ1) is 16.7. The summed E-state index contributed by atoms with van der Waals surface area (Å²) < 4.78 is 1.74. The Morgan fingerprint density at radius 2 is 2.25 bits per heavy atom. The predicted molar refractivity (Wildman–Crippen MR) is 89.2 cm³/mol. The van der Waals surface area contributed by atoms with Gasteiger partial charge in [0.05, 0.1) is 24.0 Å². The number of nitrogens with zero attached hydrogens (tertiary/aromatic N) is 3. The molecule has 1 aliphatic carbocycles. The minimum Gasteiger partial charge on any atom is -0.393 e. The van der Waals surface area contributed by atoms with Crippen molar-refractivity contribution in [3.8, 4) is 0 Å². The van der Waals surface area contributed by atoms with Gasteiger partial charge in [0.2, 0.25) is 5.91 Å². The summed E-state index contributed by atoms with van der Waals surface area (Å²) in [6.07, 6.45) is 5.93. The number of hydrogen-bond donors (Lipinski definition) is 3. The smallest absolute Gasteiger partial charge is 0.220 e. The van der Waals surface area contributed by atoms with Crippen LogP contribution in [0.1, 0.15) is 47.8 Å². The standard InChI is InChI=1S/C17H25N5O2/c1-10-11(2)20-21-15(10)4-5-16(24)19-17(12-6-14(23)7-12)13-8-18-22(3)9-13/h8-9,12,14,17,23H,4-7H2,1-3H3,(H,19,24)(H,20,21)/t12?,14?,17-/m0/s1. The molecule has 1 atom stereocenters. The first-order valence-electron chi connectivity index (χ1n) is 8.40. The van der Waals surface area contributed by atoms with E-state index >= 15 is 0 Å². The molecule has 0 saturated heterocycles. The first-order valence-corrected chi connectivity index (χ1v) is 8.40. The molecule has 7 heteroatoms. The van der Waals surface area contributed by atoms with E-state index in [4.69, 9.17) is 0 Å². The second-order valence-corrected chi connectivity index (χ2v) is 6.80. The average molecular weight is 331 g/mol. The Labute approximate surface area is 141 Å². The van der Waals surface area contributed by atoms with E-state index in [9.17, 15) is 9.90 Å². The SMILES string of the molecule is Cc1[nH]nc(CCC(=O)N[C@H](c2cnn(C)c2)C2CC(O)C2)c1C. The fourth-order valence-electron chi connectivity index (χ4n) is 3.23. The Balaban J connectivity index is 1.61. The van der Waals surface area contributed by atoms with Gasteiger partial charge in [0.15, 0.2) is 0 Å². The average Bonchev–Trinajstić information content (AvgIpc) is 3.07. The molecule has 1 aliphatic rings. The second kappa shape index (κ2) is 6.76. The zero-order valence-electron chi connectivity index (χ0n) is 14.4. The van der Waals surface area contributed by atoms with E-state index in [2.05, 4.69) is 20.6 Å². The van der Waals surface area contributed by atoms with Gasteiger partial charge in [-0.25, -0.2) is 0 Å². The highest BCUT2D eigenvalue weighted by atomic mass is 16.3. The molecule has 7 nitrogen and oxygen atoms in total. The highest BCUT2D eigenvalue weighted by Crippen LogP contribution is 2.38. The fraction of sp³-hybridized carbons (Fsp3) is 0.588. The zero-order chi connectivity index (χ0) is 17.3. The number of aryl methyl sites for hydroxylation is 3. The Hall–Kier alpha value is -2.15. The molecule has 0 bridgehead atoms. The summed E-state index contributed by atoms with van der Waals surface area (Å²) in [5.74, 6) is 0.271. The number of aliphatic hydroxyl groups is 1. The third-order valence-electron chi connectivity index (χ3n) is 4.96. The van der Waals surface area contributed by atoms with E-state index in [0.29, 0.717) is 12.8 Å². The van der Waals surface area contributed by atoms with Gasteiger partial charge in [-0.05, 0) is 38.2 Å². The van der Waals surface area contributed by atoms with Crippen LogP contribution in [0.15, 0.2) is 12.4 Å². The van der Waals surface area contributed by atoms with Gasteiger partial charge in [0, 0.05) is 37.3 Å². The number of carbonyl (C=O) groups excluding carboxylic acids is 1. The van der Waals surface area contributed by atoms with Crippen molar-refractivity contribution in [3.05, 3.63) is 34.9 Å². The van der Waals surface area contributed by atoms with Crippen LogP contribution in [0.5, 0.6) is 0 Å². The lowest BCUT2D eigenvalue weighted by molar-refractivity contribution is -0.123. The molecule has 2 aromatic rings. The Morgan fingerprint density at radius 1 is 1.50 bits per heavy atom. The molecule has 2 heterocycles. The molecule has 0 aromatic carbocycles. The van der Waals surface area contributed by atoms with Crippen LogP contribution < -0.4 is 5.32 Å². The fourth-order valence-corrected chi connectivity index (χ4v) is 3.23. The van der Waals surface area contributed by atoms with Crippen LogP contribution in [0.2, 0.25) is 0 Å². The van der Waals surface area contributed by atoms with E-state index in [1.165, 1.54) is 0 Å². The van der Waals surface area contributed by atoms with Crippen LogP contribution in [-0.4, -0.2) is 37.1 Å². The van der Waals surface area contributed by atoms with E-state index in [-0.39, 0.29) is 24.0 Å². The van der Waals surface area contributed by atoms with E-state index in [1.54, 1.807) is 10.9 Å². The van der Waals surface area contributed by atoms with E-state index in [0.717, 1.165) is 35.4 Å². The van der Waals surface area contributed by atoms with E-state index in [1.807, 2.05) is 27.1 Å². The molecule has 1 amide bonds. The van der Waals surface area contributed by atoms with Gasteiger partial charge in [-0.15, -0.1) is 0 Å². The van der Waals surface area contributed by atoms with Gasteiger partial charge in [-0.3, -0.25) is 14.6 Å². The summed E-state index contributed by atoms with van der Waals surface area (Å²) >= 11 is 0. The molecular weight excluding hydrogens is 306 g/mol. The van der Waals surface area contributed by atoms with Crippen molar-refractivity contribution in [1.29, 1.82) is 0 Å². The van der Waals surface area contributed by atoms with E-state index < -0.39 is 0 Å².